The largest absolute Gasteiger partial charge is 0.310 e. The maximum atomic E-state index is 2.42. The fourth-order valence-electron chi connectivity index (χ4n) is 11.2. The van der Waals surface area contributed by atoms with Crippen LogP contribution in [0.15, 0.2) is 218 Å². The van der Waals surface area contributed by atoms with E-state index in [1.807, 2.05) is 0 Å². The van der Waals surface area contributed by atoms with E-state index in [2.05, 4.69) is 268 Å². The van der Waals surface area contributed by atoms with Gasteiger partial charge < -0.3 is 9.80 Å². The van der Waals surface area contributed by atoms with Gasteiger partial charge in [0.05, 0.1) is 0 Å². The van der Waals surface area contributed by atoms with Crippen molar-refractivity contribution in [2.24, 2.45) is 0 Å². The minimum absolute atomic E-state index is 0.164. The SMILES string of the molecule is CC1(C)c2cc(/C=C/c3ccc4c(c3)C(C)(C)c3c-4ccc4cc(N(c5ccccc5)c5ccccc5)ccc34)ccc2-c2ccc3cc(N(c4ccccc4)c4ccccc4)ccc3c21. The number of rotatable bonds is 8. The van der Waals surface area contributed by atoms with E-state index >= 15 is 0 Å². The Kier molecular flexibility index (Phi) is 9.22. The molecule has 66 heavy (non-hydrogen) atoms. The van der Waals surface area contributed by atoms with Crippen LogP contribution in [0.1, 0.15) is 61.1 Å². The second-order valence-corrected chi connectivity index (χ2v) is 19.0. The van der Waals surface area contributed by atoms with Gasteiger partial charge in [0, 0.05) is 45.0 Å². The molecule has 2 heteroatoms. The van der Waals surface area contributed by atoms with E-state index < -0.39 is 0 Å². The lowest BCUT2D eigenvalue weighted by atomic mass is 9.79. The number of fused-ring (bicyclic) bond motifs is 10. The summed E-state index contributed by atoms with van der Waals surface area (Å²) in [6, 6.07) is 80.0. The number of hydrogen-bond donors (Lipinski definition) is 0. The third-order valence-electron chi connectivity index (χ3n) is 14.3. The first-order chi connectivity index (χ1) is 32.2. The van der Waals surface area contributed by atoms with Crippen molar-refractivity contribution in [3.05, 3.63) is 252 Å². The van der Waals surface area contributed by atoms with Gasteiger partial charge in [0.2, 0.25) is 0 Å². The Labute approximate surface area is 388 Å². The first-order valence-corrected chi connectivity index (χ1v) is 23.2. The summed E-state index contributed by atoms with van der Waals surface area (Å²) in [4.78, 5) is 4.69. The highest BCUT2D eigenvalue weighted by molar-refractivity contribution is 6.01. The molecular formula is C64H50N2. The Hall–Kier alpha value is -7.94. The summed E-state index contributed by atoms with van der Waals surface area (Å²) < 4.78 is 0. The Bertz CT molecular complexity index is 3200. The highest BCUT2D eigenvalue weighted by Crippen LogP contribution is 2.54. The fraction of sp³-hybridized carbons (Fsp3) is 0.0938. The zero-order valence-corrected chi connectivity index (χ0v) is 37.8. The Balaban J connectivity index is 0.841. The molecule has 0 aromatic heterocycles. The van der Waals surface area contributed by atoms with Crippen LogP contribution in [0.3, 0.4) is 0 Å². The van der Waals surface area contributed by atoms with Crippen LogP contribution in [0.4, 0.5) is 34.1 Å². The molecule has 0 bridgehead atoms. The van der Waals surface area contributed by atoms with Crippen LogP contribution in [0.2, 0.25) is 0 Å². The van der Waals surface area contributed by atoms with Crippen LogP contribution in [0.5, 0.6) is 0 Å². The van der Waals surface area contributed by atoms with Gasteiger partial charge in [-0.25, -0.2) is 0 Å². The van der Waals surface area contributed by atoms with Crippen molar-refractivity contribution in [2.75, 3.05) is 9.80 Å². The monoisotopic (exact) mass is 846 g/mol. The quantitative estimate of drug-likeness (QED) is 0.141. The molecule has 12 rings (SSSR count). The maximum absolute atomic E-state index is 2.42. The van der Waals surface area contributed by atoms with Crippen LogP contribution in [0.25, 0.3) is 56.0 Å². The smallest absolute Gasteiger partial charge is 0.0468 e. The van der Waals surface area contributed by atoms with Crippen molar-refractivity contribution >= 4 is 67.8 Å². The molecule has 0 aliphatic heterocycles. The predicted octanol–water partition coefficient (Wildman–Crippen LogP) is 17.7. The highest BCUT2D eigenvalue weighted by Gasteiger charge is 2.38. The van der Waals surface area contributed by atoms with Gasteiger partial charge in [-0.15, -0.1) is 0 Å². The standard InChI is InChI=1S/C64H50N2/c1-63(2)59-39-43(27-33-55(59)57-35-29-45-41-51(31-37-53(45)61(57)63)65(47-17-9-5-10-18-47)48-19-11-6-12-20-48)25-26-44-28-34-56-58-36-30-46-42-52(32-38-54(46)62(58)64(3,4)60(56)40-44)66(49-21-13-7-14-22-49)50-23-15-8-16-24-50/h5-42H,1-4H3/b26-25+. The van der Waals surface area contributed by atoms with E-state index in [4.69, 9.17) is 0 Å². The topological polar surface area (TPSA) is 6.48 Å². The van der Waals surface area contributed by atoms with E-state index in [1.165, 1.54) is 77.2 Å². The van der Waals surface area contributed by atoms with E-state index in [0.717, 1.165) is 34.1 Å². The molecule has 0 radical (unpaired) electrons. The normalized spacial score (nSPS) is 13.9. The molecule has 0 unspecified atom stereocenters. The molecule has 0 saturated heterocycles. The van der Waals surface area contributed by atoms with Gasteiger partial charge in [-0.3, -0.25) is 0 Å². The molecular weight excluding hydrogens is 797 g/mol. The number of benzene rings is 10. The first kappa shape index (κ1) is 39.6. The highest BCUT2D eigenvalue weighted by atomic mass is 15.1. The van der Waals surface area contributed by atoms with Crippen molar-refractivity contribution < 1.29 is 0 Å². The van der Waals surface area contributed by atoms with Gasteiger partial charge >= 0.3 is 0 Å². The molecule has 0 fully saturated rings. The number of anilines is 6. The zero-order chi connectivity index (χ0) is 44.6. The lowest BCUT2D eigenvalue weighted by molar-refractivity contribution is 0.666. The van der Waals surface area contributed by atoms with Crippen LogP contribution >= 0.6 is 0 Å². The molecule has 10 aromatic rings. The number of hydrogen-bond acceptors (Lipinski definition) is 2. The lowest BCUT2D eigenvalue weighted by Gasteiger charge is -2.27. The molecule has 0 N–H and O–H groups in total. The summed E-state index contributed by atoms with van der Waals surface area (Å²) in [5, 5.41) is 5.13. The van der Waals surface area contributed by atoms with Crippen molar-refractivity contribution in [2.45, 2.75) is 38.5 Å². The van der Waals surface area contributed by atoms with Gasteiger partial charge in [0.25, 0.3) is 0 Å². The minimum Gasteiger partial charge on any atom is -0.310 e. The third-order valence-corrected chi connectivity index (χ3v) is 14.3. The van der Waals surface area contributed by atoms with Gasteiger partial charge in [-0.2, -0.15) is 0 Å². The van der Waals surface area contributed by atoms with E-state index in [0.29, 0.717) is 0 Å². The van der Waals surface area contributed by atoms with Gasteiger partial charge in [0.1, 0.15) is 0 Å². The molecule has 0 spiro atoms. The lowest BCUT2D eigenvalue weighted by Crippen LogP contribution is -2.16. The Morgan fingerprint density at radius 2 is 0.636 bits per heavy atom. The summed E-state index contributed by atoms with van der Waals surface area (Å²) in [6.07, 6.45) is 4.59. The summed E-state index contributed by atoms with van der Waals surface area (Å²) in [5.41, 5.74) is 19.9. The number of para-hydroxylation sites is 4. The van der Waals surface area contributed by atoms with Gasteiger partial charge in [-0.1, -0.05) is 185 Å². The summed E-state index contributed by atoms with van der Waals surface area (Å²) >= 11 is 0. The zero-order valence-electron chi connectivity index (χ0n) is 37.8. The van der Waals surface area contributed by atoms with Crippen LogP contribution in [-0.2, 0) is 10.8 Å². The Morgan fingerprint density at radius 3 is 0.985 bits per heavy atom. The Morgan fingerprint density at radius 1 is 0.303 bits per heavy atom. The molecule has 0 saturated carbocycles. The third kappa shape index (κ3) is 6.39. The van der Waals surface area contributed by atoms with Crippen LogP contribution in [-0.4, -0.2) is 0 Å². The molecule has 0 amide bonds. The summed E-state index contributed by atoms with van der Waals surface area (Å²) in [7, 11) is 0. The average Bonchev–Trinajstić information content (AvgIpc) is 3.73. The van der Waals surface area contributed by atoms with Crippen molar-refractivity contribution in [1.82, 2.24) is 0 Å². The fourth-order valence-corrected chi connectivity index (χ4v) is 11.2. The second kappa shape index (κ2) is 15.4. The molecule has 2 aliphatic rings. The molecule has 2 nitrogen and oxygen atoms in total. The van der Waals surface area contributed by atoms with Crippen LogP contribution < -0.4 is 9.80 Å². The second-order valence-electron chi connectivity index (χ2n) is 19.0. The summed E-state index contributed by atoms with van der Waals surface area (Å²) in [6.45, 7) is 9.58. The van der Waals surface area contributed by atoms with E-state index in [1.54, 1.807) is 0 Å². The van der Waals surface area contributed by atoms with Gasteiger partial charge in [-0.05, 0) is 150 Å². The van der Waals surface area contributed by atoms with Crippen molar-refractivity contribution in [3.63, 3.8) is 0 Å². The van der Waals surface area contributed by atoms with Gasteiger partial charge in [0.15, 0.2) is 0 Å². The van der Waals surface area contributed by atoms with Crippen LogP contribution in [0, 0.1) is 0 Å². The molecule has 0 atom stereocenters. The molecule has 316 valence electrons. The number of nitrogens with zero attached hydrogens (tertiary/aromatic N) is 2. The van der Waals surface area contributed by atoms with Crippen molar-refractivity contribution in [3.8, 4) is 22.3 Å². The minimum atomic E-state index is -0.164. The molecule has 0 heterocycles. The molecule has 10 aromatic carbocycles. The van der Waals surface area contributed by atoms with E-state index in [-0.39, 0.29) is 10.8 Å². The van der Waals surface area contributed by atoms with Crippen molar-refractivity contribution in [1.29, 1.82) is 0 Å². The predicted molar refractivity (Wildman–Crippen MR) is 281 cm³/mol. The van der Waals surface area contributed by atoms with E-state index in [9.17, 15) is 0 Å². The average molecular weight is 847 g/mol. The molecule has 2 aliphatic carbocycles. The summed E-state index contributed by atoms with van der Waals surface area (Å²) in [5.74, 6) is 0. The first-order valence-electron chi connectivity index (χ1n) is 23.2. The maximum Gasteiger partial charge on any atom is 0.0468 e.